The smallest absolute Gasteiger partial charge is 0.311 e. The first kappa shape index (κ1) is 12.0. The van der Waals surface area contributed by atoms with Crippen LogP contribution in [0.2, 0.25) is 0 Å². The molecule has 0 saturated heterocycles. The van der Waals surface area contributed by atoms with Crippen molar-refractivity contribution < 1.29 is 15.0 Å². The molecule has 1 unspecified atom stereocenters. The number of carboxylic acid groups (broad SMARTS) is 1. The van der Waals surface area contributed by atoms with E-state index in [9.17, 15) is 9.90 Å². The van der Waals surface area contributed by atoms with Crippen molar-refractivity contribution in [3.8, 4) is 5.75 Å². The lowest BCUT2D eigenvalue weighted by atomic mass is 9.95. The lowest BCUT2D eigenvalue weighted by Gasteiger charge is -2.14. The van der Waals surface area contributed by atoms with Gasteiger partial charge in [-0.25, -0.2) is 0 Å². The molecule has 0 amide bonds. The van der Waals surface area contributed by atoms with Gasteiger partial charge in [-0.15, -0.1) is 0 Å². The molecule has 82 valence electrons. The Morgan fingerprint density at radius 1 is 1.53 bits per heavy atom. The third kappa shape index (κ3) is 2.50. The second-order valence-corrected chi connectivity index (χ2v) is 4.26. The van der Waals surface area contributed by atoms with Crippen LogP contribution < -0.4 is 0 Å². The van der Waals surface area contributed by atoms with E-state index in [-0.39, 0.29) is 5.75 Å². The highest BCUT2D eigenvalue weighted by Crippen LogP contribution is 2.33. The molecule has 0 bridgehead atoms. The number of aliphatic carboxylic acids is 1. The van der Waals surface area contributed by atoms with Crippen LogP contribution in [0.4, 0.5) is 0 Å². The average molecular weight is 273 g/mol. The maximum absolute atomic E-state index is 11.0. The fraction of sp³-hybridized carbons (Fsp3) is 0.364. The molecule has 0 radical (unpaired) electrons. The predicted molar refractivity (Wildman–Crippen MR) is 61.2 cm³/mol. The van der Waals surface area contributed by atoms with E-state index >= 15 is 0 Å². The average Bonchev–Trinajstić information content (AvgIpc) is 2.13. The molecule has 1 aromatic carbocycles. The van der Waals surface area contributed by atoms with Gasteiger partial charge in [0, 0.05) is 4.47 Å². The van der Waals surface area contributed by atoms with Crippen LogP contribution >= 0.6 is 15.9 Å². The molecule has 4 heteroatoms. The van der Waals surface area contributed by atoms with Gasteiger partial charge in [-0.2, -0.15) is 0 Å². The summed E-state index contributed by atoms with van der Waals surface area (Å²) in [4.78, 5) is 11.0. The highest BCUT2D eigenvalue weighted by molar-refractivity contribution is 9.10. The van der Waals surface area contributed by atoms with Gasteiger partial charge in [0.05, 0.1) is 5.92 Å². The molecule has 0 saturated carbocycles. The second-order valence-electron chi connectivity index (χ2n) is 3.46. The lowest BCUT2D eigenvalue weighted by Crippen LogP contribution is -2.11. The Hall–Kier alpha value is -1.03. The summed E-state index contributed by atoms with van der Waals surface area (Å²) in [6.07, 6.45) is 0.497. The molecule has 2 N–H and O–H groups in total. The van der Waals surface area contributed by atoms with Crippen molar-refractivity contribution in [2.45, 2.75) is 26.2 Å². The summed E-state index contributed by atoms with van der Waals surface area (Å²) < 4.78 is 0.759. The summed E-state index contributed by atoms with van der Waals surface area (Å²) in [5.74, 6) is -1.35. The van der Waals surface area contributed by atoms with Gasteiger partial charge in [0.1, 0.15) is 5.75 Å². The van der Waals surface area contributed by atoms with Gasteiger partial charge in [0.25, 0.3) is 0 Å². The van der Waals surface area contributed by atoms with Crippen molar-refractivity contribution in [3.05, 3.63) is 27.7 Å². The van der Waals surface area contributed by atoms with Crippen LogP contribution in [0.5, 0.6) is 5.75 Å². The third-order valence-corrected chi connectivity index (χ3v) is 3.43. The topological polar surface area (TPSA) is 57.5 Å². The van der Waals surface area contributed by atoms with E-state index in [0.717, 1.165) is 10.0 Å². The summed E-state index contributed by atoms with van der Waals surface area (Å²) in [5, 5.41) is 18.5. The van der Waals surface area contributed by atoms with Crippen LogP contribution in [0.15, 0.2) is 16.6 Å². The van der Waals surface area contributed by atoms with Crippen molar-refractivity contribution in [1.82, 2.24) is 0 Å². The summed E-state index contributed by atoms with van der Waals surface area (Å²) in [6.45, 7) is 3.63. The summed E-state index contributed by atoms with van der Waals surface area (Å²) in [6, 6.07) is 3.10. The molecule has 0 aromatic heterocycles. The lowest BCUT2D eigenvalue weighted by molar-refractivity contribution is -0.138. The first-order valence-corrected chi connectivity index (χ1v) is 5.48. The van der Waals surface area contributed by atoms with Crippen molar-refractivity contribution in [2.75, 3.05) is 0 Å². The quantitative estimate of drug-likeness (QED) is 0.889. The van der Waals surface area contributed by atoms with E-state index in [1.807, 2.05) is 13.8 Å². The molecule has 1 rings (SSSR count). The van der Waals surface area contributed by atoms with Crippen molar-refractivity contribution in [1.29, 1.82) is 0 Å². The number of carboxylic acids is 1. The molecule has 0 heterocycles. The van der Waals surface area contributed by atoms with Gasteiger partial charge in [0.2, 0.25) is 0 Å². The number of hydrogen-bond acceptors (Lipinski definition) is 2. The number of carbonyl (C=O) groups is 1. The van der Waals surface area contributed by atoms with Gasteiger partial charge >= 0.3 is 5.97 Å². The van der Waals surface area contributed by atoms with Crippen LogP contribution in [0.25, 0.3) is 0 Å². The van der Waals surface area contributed by atoms with E-state index in [2.05, 4.69) is 15.9 Å². The molecule has 1 aromatic rings. The normalized spacial score (nSPS) is 12.5. The molecule has 3 nitrogen and oxygen atoms in total. The van der Waals surface area contributed by atoms with Crippen LogP contribution in [0.1, 0.15) is 30.4 Å². The van der Waals surface area contributed by atoms with Gasteiger partial charge in [-0.05, 0) is 36.6 Å². The highest BCUT2D eigenvalue weighted by Gasteiger charge is 2.21. The molecule has 1 atom stereocenters. The predicted octanol–water partition coefficient (Wildman–Crippen LogP) is 3.04. The monoisotopic (exact) mass is 272 g/mol. The minimum absolute atomic E-state index is 0.102. The molecule has 15 heavy (non-hydrogen) atoms. The van der Waals surface area contributed by atoms with E-state index in [1.54, 1.807) is 6.07 Å². The number of hydrogen-bond donors (Lipinski definition) is 2. The molecule has 0 aliphatic heterocycles. The van der Waals surface area contributed by atoms with Gasteiger partial charge in [-0.1, -0.05) is 22.9 Å². The zero-order valence-electron chi connectivity index (χ0n) is 8.62. The zero-order chi connectivity index (χ0) is 11.6. The van der Waals surface area contributed by atoms with Crippen molar-refractivity contribution in [3.63, 3.8) is 0 Å². The number of aromatic hydroxyl groups is 1. The number of halogens is 1. The molecular formula is C11H13BrO3. The highest BCUT2D eigenvalue weighted by atomic mass is 79.9. The van der Waals surface area contributed by atoms with Crippen LogP contribution in [-0.2, 0) is 4.79 Å². The van der Waals surface area contributed by atoms with E-state index in [4.69, 9.17) is 5.11 Å². The summed E-state index contributed by atoms with van der Waals surface area (Å²) in [7, 11) is 0. The fourth-order valence-electron chi connectivity index (χ4n) is 1.56. The fourth-order valence-corrected chi connectivity index (χ4v) is 2.06. The van der Waals surface area contributed by atoms with Gasteiger partial charge in [-0.3, -0.25) is 4.79 Å². The number of aryl methyl sites for hydroxylation is 1. The molecule has 0 aliphatic rings. The minimum Gasteiger partial charge on any atom is -0.508 e. The molecule has 0 fully saturated rings. The standard InChI is InChI=1S/C11H13BrO3/c1-3-8(11(14)15)9-5-7(13)4-6(2)10(9)12/h4-5,8,13H,3H2,1-2H3,(H,14,15). The molecular weight excluding hydrogens is 260 g/mol. The minimum atomic E-state index is -0.872. The van der Waals surface area contributed by atoms with Gasteiger partial charge in [0.15, 0.2) is 0 Å². The van der Waals surface area contributed by atoms with E-state index in [1.165, 1.54) is 6.07 Å². The molecule has 0 spiro atoms. The second kappa shape index (κ2) is 4.66. The first-order valence-electron chi connectivity index (χ1n) is 4.69. The van der Waals surface area contributed by atoms with Crippen molar-refractivity contribution >= 4 is 21.9 Å². The Morgan fingerprint density at radius 3 is 2.60 bits per heavy atom. The van der Waals surface area contributed by atoms with Crippen LogP contribution in [0, 0.1) is 6.92 Å². The molecule has 0 aliphatic carbocycles. The Balaban J connectivity index is 3.28. The van der Waals surface area contributed by atoms with E-state index < -0.39 is 11.9 Å². The number of rotatable bonds is 3. The van der Waals surface area contributed by atoms with Crippen molar-refractivity contribution in [2.24, 2.45) is 0 Å². The number of benzene rings is 1. The zero-order valence-corrected chi connectivity index (χ0v) is 10.2. The van der Waals surface area contributed by atoms with Crippen LogP contribution in [-0.4, -0.2) is 16.2 Å². The summed E-state index contributed by atoms with van der Waals surface area (Å²) >= 11 is 3.35. The maximum atomic E-state index is 11.0. The Bertz CT molecular complexity index is 388. The Labute approximate surface area is 96.9 Å². The van der Waals surface area contributed by atoms with E-state index in [0.29, 0.717) is 12.0 Å². The summed E-state index contributed by atoms with van der Waals surface area (Å²) in [5.41, 5.74) is 1.47. The Kier molecular flexibility index (Phi) is 3.74. The van der Waals surface area contributed by atoms with Gasteiger partial charge < -0.3 is 10.2 Å². The number of phenols is 1. The number of phenolic OH excluding ortho intramolecular Hbond substituents is 1. The maximum Gasteiger partial charge on any atom is 0.311 e. The SMILES string of the molecule is CCC(C(=O)O)c1cc(O)cc(C)c1Br. The largest absolute Gasteiger partial charge is 0.508 e. The van der Waals surface area contributed by atoms with Crippen LogP contribution in [0.3, 0.4) is 0 Å². The third-order valence-electron chi connectivity index (χ3n) is 2.35. The Morgan fingerprint density at radius 2 is 2.13 bits per heavy atom. The first-order chi connectivity index (χ1) is 6.97.